The summed E-state index contributed by atoms with van der Waals surface area (Å²) in [6.45, 7) is 1.58. The number of nitrogen functional groups attached to an aromatic ring is 1. The van der Waals surface area contributed by atoms with Crippen LogP contribution in [0, 0.1) is 6.92 Å². The summed E-state index contributed by atoms with van der Waals surface area (Å²) in [6, 6.07) is 1.11. The number of oxazole rings is 1. The van der Waals surface area contributed by atoms with Crippen LogP contribution in [0.3, 0.4) is 0 Å². The fourth-order valence-corrected chi connectivity index (χ4v) is 3.05. The van der Waals surface area contributed by atoms with Gasteiger partial charge in [0.2, 0.25) is 5.89 Å². The van der Waals surface area contributed by atoms with Gasteiger partial charge in [0.15, 0.2) is 11.5 Å². The highest BCUT2D eigenvalue weighted by molar-refractivity contribution is 5.96. The van der Waals surface area contributed by atoms with Crippen molar-refractivity contribution in [3.05, 3.63) is 52.9 Å². The number of alkyl halides is 3. The van der Waals surface area contributed by atoms with Crippen molar-refractivity contribution >= 4 is 11.7 Å². The Kier molecular flexibility index (Phi) is 4.88. The van der Waals surface area contributed by atoms with Gasteiger partial charge < -0.3 is 15.5 Å². The van der Waals surface area contributed by atoms with Crippen LogP contribution >= 0.6 is 0 Å². The van der Waals surface area contributed by atoms with E-state index in [0.29, 0.717) is 22.6 Å². The zero-order valence-electron chi connectivity index (χ0n) is 15.8. The van der Waals surface area contributed by atoms with E-state index in [4.69, 9.17) is 10.2 Å². The number of carbonyl (C=O) groups is 1. The predicted octanol–water partition coefficient (Wildman–Crippen LogP) is 3.24. The van der Waals surface area contributed by atoms with Gasteiger partial charge in [-0.05, 0) is 37.3 Å². The monoisotopic (exact) mass is 418 g/mol. The minimum atomic E-state index is -4.47. The molecule has 0 aliphatic heterocycles. The number of pyridine rings is 1. The minimum Gasteiger partial charge on any atom is -0.443 e. The van der Waals surface area contributed by atoms with Crippen molar-refractivity contribution < 1.29 is 22.4 Å². The van der Waals surface area contributed by atoms with Gasteiger partial charge in [-0.25, -0.2) is 15.0 Å². The molecule has 0 spiro atoms. The number of amides is 1. The third kappa shape index (κ3) is 3.95. The lowest BCUT2D eigenvalue weighted by Gasteiger charge is -2.13. The van der Waals surface area contributed by atoms with E-state index in [1.807, 2.05) is 0 Å². The Morgan fingerprint density at radius 3 is 2.70 bits per heavy atom. The minimum absolute atomic E-state index is 0.0267. The van der Waals surface area contributed by atoms with Crippen LogP contribution < -0.4 is 11.1 Å². The molecule has 3 heterocycles. The second-order valence-corrected chi connectivity index (χ2v) is 6.94. The van der Waals surface area contributed by atoms with Crippen molar-refractivity contribution in [1.29, 1.82) is 0 Å². The first-order chi connectivity index (χ1) is 14.2. The van der Waals surface area contributed by atoms with Crippen molar-refractivity contribution in [2.75, 3.05) is 5.73 Å². The molecule has 156 valence electrons. The number of aromatic nitrogens is 4. The van der Waals surface area contributed by atoms with Gasteiger partial charge >= 0.3 is 6.18 Å². The third-order valence-electron chi connectivity index (χ3n) is 4.71. The molecular weight excluding hydrogens is 401 g/mol. The van der Waals surface area contributed by atoms with Gasteiger partial charge in [-0.15, -0.1) is 0 Å². The normalized spacial score (nSPS) is 14.0. The molecule has 4 rings (SSSR count). The Hall–Kier alpha value is -3.50. The topological polar surface area (TPSA) is 120 Å². The number of nitrogens with two attached hydrogens (primary N) is 1. The highest BCUT2D eigenvalue weighted by Crippen LogP contribution is 2.43. The van der Waals surface area contributed by atoms with E-state index in [1.54, 1.807) is 6.92 Å². The quantitative estimate of drug-likeness (QED) is 0.653. The molecule has 0 aromatic carbocycles. The number of anilines is 1. The molecule has 1 amide bonds. The number of nitrogens with zero attached hydrogens (tertiary/aromatic N) is 4. The molecule has 3 aromatic rings. The lowest BCUT2D eigenvalue weighted by atomic mass is 10.1. The molecule has 0 unspecified atom stereocenters. The van der Waals surface area contributed by atoms with E-state index in [-0.39, 0.29) is 29.9 Å². The van der Waals surface area contributed by atoms with E-state index >= 15 is 0 Å². The molecule has 30 heavy (non-hydrogen) atoms. The standard InChI is InChI=1S/C19H17F3N6O2/c1-9-14(18-24-4-5-30-18)28-16(23)15(27-9)17(29)26-8-13-12(10-2-3-10)6-11(7-25-13)19(20,21)22/h4-7,10H,2-3,8H2,1H3,(H2,23,28)(H,26,29). The SMILES string of the molecule is Cc1nc(C(=O)NCc2ncc(C(F)(F)F)cc2C2CC2)c(N)nc1-c1ncco1. The molecule has 3 aromatic heterocycles. The van der Waals surface area contributed by atoms with Gasteiger partial charge in [-0.3, -0.25) is 9.78 Å². The van der Waals surface area contributed by atoms with E-state index in [1.165, 1.54) is 12.5 Å². The van der Waals surface area contributed by atoms with Crippen LogP contribution in [-0.2, 0) is 12.7 Å². The third-order valence-corrected chi connectivity index (χ3v) is 4.71. The predicted molar refractivity (Wildman–Crippen MR) is 99.1 cm³/mol. The molecule has 1 fully saturated rings. The van der Waals surface area contributed by atoms with Gasteiger partial charge in [0.25, 0.3) is 5.91 Å². The summed E-state index contributed by atoms with van der Waals surface area (Å²) in [5.74, 6) is -0.472. The molecule has 0 radical (unpaired) electrons. The molecule has 11 heteroatoms. The van der Waals surface area contributed by atoms with E-state index in [0.717, 1.165) is 25.1 Å². The van der Waals surface area contributed by atoms with Gasteiger partial charge in [-0.1, -0.05) is 0 Å². The van der Waals surface area contributed by atoms with Gasteiger partial charge in [0, 0.05) is 6.20 Å². The molecule has 3 N–H and O–H groups in total. The number of hydrogen-bond acceptors (Lipinski definition) is 7. The highest BCUT2D eigenvalue weighted by Gasteiger charge is 2.34. The maximum atomic E-state index is 13.0. The summed E-state index contributed by atoms with van der Waals surface area (Å²) in [7, 11) is 0. The van der Waals surface area contributed by atoms with Crippen LogP contribution in [0.15, 0.2) is 29.1 Å². The fourth-order valence-electron chi connectivity index (χ4n) is 3.05. The Labute approximate surface area is 168 Å². The highest BCUT2D eigenvalue weighted by atomic mass is 19.4. The molecule has 1 aliphatic carbocycles. The first kappa shape index (κ1) is 19.8. The summed E-state index contributed by atoms with van der Waals surface area (Å²) < 4.78 is 44.1. The van der Waals surface area contributed by atoms with Crippen LogP contribution in [0.25, 0.3) is 11.6 Å². The van der Waals surface area contributed by atoms with Gasteiger partial charge in [0.1, 0.15) is 12.0 Å². The van der Waals surface area contributed by atoms with Gasteiger partial charge in [-0.2, -0.15) is 13.2 Å². The van der Waals surface area contributed by atoms with Crippen molar-refractivity contribution in [2.24, 2.45) is 0 Å². The van der Waals surface area contributed by atoms with Crippen LogP contribution in [0.1, 0.15) is 51.8 Å². The van der Waals surface area contributed by atoms with E-state index in [2.05, 4.69) is 25.3 Å². The van der Waals surface area contributed by atoms with Crippen molar-refractivity contribution in [1.82, 2.24) is 25.3 Å². The van der Waals surface area contributed by atoms with Crippen LogP contribution in [-0.4, -0.2) is 25.8 Å². The number of hydrogen-bond donors (Lipinski definition) is 2. The Morgan fingerprint density at radius 2 is 2.07 bits per heavy atom. The maximum Gasteiger partial charge on any atom is 0.417 e. The molecule has 1 aliphatic rings. The van der Waals surface area contributed by atoms with Crippen LogP contribution in [0.5, 0.6) is 0 Å². The van der Waals surface area contributed by atoms with Crippen LogP contribution in [0.2, 0.25) is 0 Å². The molecule has 8 nitrogen and oxygen atoms in total. The van der Waals surface area contributed by atoms with Crippen LogP contribution in [0.4, 0.5) is 19.0 Å². The van der Waals surface area contributed by atoms with E-state index < -0.39 is 17.6 Å². The first-order valence-electron chi connectivity index (χ1n) is 9.12. The molecular formula is C19H17F3N6O2. The second kappa shape index (κ2) is 7.39. The number of aryl methyl sites for hydroxylation is 1. The zero-order chi connectivity index (χ0) is 21.5. The maximum absolute atomic E-state index is 13.0. The van der Waals surface area contributed by atoms with Gasteiger partial charge in [0.05, 0.1) is 29.7 Å². The Bertz CT molecular complexity index is 1090. The largest absolute Gasteiger partial charge is 0.443 e. The summed E-state index contributed by atoms with van der Waals surface area (Å²) >= 11 is 0. The molecule has 0 bridgehead atoms. The lowest BCUT2D eigenvalue weighted by Crippen LogP contribution is -2.27. The smallest absolute Gasteiger partial charge is 0.417 e. The van der Waals surface area contributed by atoms with E-state index in [9.17, 15) is 18.0 Å². The Morgan fingerprint density at radius 1 is 1.30 bits per heavy atom. The molecule has 0 atom stereocenters. The second-order valence-electron chi connectivity index (χ2n) is 6.94. The average molecular weight is 418 g/mol. The summed E-state index contributed by atoms with van der Waals surface area (Å²) in [5.41, 5.74) is 6.58. The van der Waals surface area contributed by atoms with Crippen molar-refractivity contribution in [3.8, 4) is 11.6 Å². The molecule has 0 saturated heterocycles. The average Bonchev–Trinajstić information content (AvgIpc) is 3.40. The lowest BCUT2D eigenvalue weighted by molar-refractivity contribution is -0.137. The van der Waals surface area contributed by atoms with Crippen molar-refractivity contribution in [2.45, 2.75) is 38.4 Å². The summed E-state index contributed by atoms with van der Waals surface area (Å²) in [5, 5.41) is 2.61. The summed E-state index contributed by atoms with van der Waals surface area (Å²) in [4.78, 5) is 28.8. The Balaban J connectivity index is 1.53. The summed E-state index contributed by atoms with van der Waals surface area (Å²) in [6.07, 6.45) is 0.721. The fraction of sp³-hybridized carbons (Fsp3) is 0.316. The number of halogens is 3. The first-order valence-corrected chi connectivity index (χ1v) is 9.12. The number of nitrogens with one attached hydrogen (secondary N) is 1. The zero-order valence-corrected chi connectivity index (χ0v) is 15.8. The van der Waals surface area contributed by atoms with Crippen molar-refractivity contribution in [3.63, 3.8) is 0 Å². The molecule has 1 saturated carbocycles. The number of carbonyl (C=O) groups excluding carboxylic acids is 1. The number of rotatable bonds is 5.